The van der Waals surface area contributed by atoms with Crippen LogP contribution in [0.15, 0.2) is 48.5 Å². The van der Waals surface area contributed by atoms with E-state index in [9.17, 15) is 8.78 Å². The van der Waals surface area contributed by atoms with Gasteiger partial charge in [-0.3, -0.25) is 4.57 Å². The molecule has 0 aliphatic rings. The van der Waals surface area contributed by atoms with Crippen LogP contribution in [-0.4, -0.2) is 9.55 Å². The van der Waals surface area contributed by atoms with E-state index in [4.69, 9.17) is 10.00 Å². The first-order valence-electron chi connectivity index (χ1n) is 6.56. The first-order valence-corrected chi connectivity index (χ1v) is 6.56. The Balaban J connectivity index is 1.90. The summed E-state index contributed by atoms with van der Waals surface area (Å²) >= 11 is 0. The van der Waals surface area contributed by atoms with Gasteiger partial charge in [0.2, 0.25) is 0 Å². The lowest BCUT2D eigenvalue weighted by atomic mass is 10.2. The third kappa shape index (κ3) is 2.61. The maximum Gasteiger partial charge on any atom is 0.320 e. The summed E-state index contributed by atoms with van der Waals surface area (Å²) in [4.78, 5) is 4.18. The molecule has 1 heterocycles. The van der Waals surface area contributed by atoms with E-state index < -0.39 is 6.55 Å². The molecule has 0 saturated carbocycles. The molecule has 0 N–H and O–H groups in total. The Hall–Kier alpha value is -2.94. The van der Waals surface area contributed by atoms with Crippen molar-refractivity contribution >= 4 is 11.0 Å². The van der Waals surface area contributed by atoms with Gasteiger partial charge in [-0.05, 0) is 30.3 Å². The largest absolute Gasteiger partial charge is 0.486 e. The number of halogens is 2. The fourth-order valence-corrected chi connectivity index (χ4v) is 2.22. The third-order valence-corrected chi connectivity index (χ3v) is 3.20. The zero-order valence-electron chi connectivity index (χ0n) is 11.4. The standard InChI is InChI=1S/C16H11F2N3O/c17-16(18)21-14-7-2-1-6-13(14)20-15(21)10-22-12-5-3-4-11(8-12)9-19/h1-8,16H,10H2. The molecule has 0 radical (unpaired) electrons. The SMILES string of the molecule is N#Cc1cccc(OCc2nc3ccccc3n2C(F)F)c1. The van der Waals surface area contributed by atoms with E-state index in [1.165, 1.54) is 0 Å². The molecule has 6 heteroatoms. The van der Waals surface area contributed by atoms with E-state index in [1.807, 2.05) is 6.07 Å². The molecule has 0 aliphatic heterocycles. The van der Waals surface area contributed by atoms with Crippen LogP contribution >= 0.6 is 0 Å². The Morgan fingerprint density at radius 3 is 2.77 bits per heavy atom. The summed E-state index contributed by atoms with van der Waals surface area (Å²) in [6.45, 7) is -2.80. The normalized spacial score (nSPS) is 10.8. The minimum Gasteiger partial charge on any atom is -0.486 e. The van der Waals surface area contributed by atoms with E-state index in [1.54, 1.807) is 48.5 Å². The zero-order valence-corrected chi connectivity index (χ0v) is 11.4. The number of hydrogen-bond donors (Lipinski definition) is 0. The molecule has 110 valence electrons. The molecule has 0 bridgehead atoms. The Labute approximate surface area is 125 Å². The second kappa shape index (κ2) is 5.82. The second-order valence-corrected chi connectivity index (χ2v) is 4.59. The van der Waals surface area contributed by atoms with E-state index >= 15 is 0 Å². The summed E-state index contributed by atoms with van der Waals surface area (Å²) in [5.41, 5.74) is 1.30. The summed E-state index contributed by atoms with van der Waals surface area (Å²) < 4.78 is 32.9. The summed E-state index contributed by atoms with van der Waals surface area (Å²) in [6, 6.07) is 15.2. The Bertz CT molecular complexity index is 852. The molecule has 0 unspecified atom stereocenters. The molecule has 3 rings (SSSR count). The van der Waals surface area contributed by atoms with Gasteiger partial charge < -0.3 is 4.74 Å². The predicted octanol–water partition coefficient (Wildman–Crippen LogP) is 3.88. The minimum atomic E-state index is -2.70. The van der Waals surface area contributed by atoms with Gasteiger partial charge in [-0.25, -0.2) is 4.98 Å². The average molecular weight is 299 g/mol. The molecule has 2 aromatic carbocycles. The molecule has 0 fully saturated rings. The van der Waals surface area contributed by atoms with Crippen LogP contribution in [0.3, 0.4) is 0 Å². The van der Waals surface area contributed by atoms with E-state index in [-0.39, 0.29) is 12.4 Å². The Kier molecular flexibility index (Phi) is 3.71. The number of rotatable bonds is 4. The van der Waals surface area contributed by atoms with Gasteiger partial charge in [-0.2, -0.15) is 14.0 Å². The molecular weight excluding hydrogens is 288 g/mol. The first-order chi connectivity index (χ1) is 10.7. The van der Waals surface area contributed by atoms with Gasteiger partial charge in [-0.1, -0.05) is 18.2 Å². The smallest absolute Gasteiger partial charge is 0.320 e. The highest BCUT2D eigenvalue weighted by Gasteiger charge is 2.17. The van der Waals surface area contributed by atoms with Crippen molar-refractivity contribution in [1.82, 2.24) is 9.55 Å². The third-order valence-electron chi connectivity index (χ3n) is 3.20. The predicted molar refractivity (Wildman–Crippen MR) is 76.5 cm³/mol. The van der Waals surface area contributed by atoms with Crippen molar-refractivity contribution in [2.45, 2.75) is 13.2 Å². The van der Waals surface area contributed by atoms with Gasteiger partial charge in [-0.15, -0.1) is 0 Å². The lowest BCUT2D eigenvalue weighted by Crippen LogP contribution is -2.08. The van der Waals surface area contributed by atoms with Crippen molar-refractivity contribution in [2.24, 2.45) is 0 Å². The summed E-state index contributed by atoms with van der Waals surface area (Å²) in [5.74, 6) is 0.575. The maximum atomic E-state index is 13.3. The maximum absolute atomic E-state index is 13.3. The van der Waals surface area contributed by atoms with Gasteiger partial charge in [0.1, 0.15) is 12.4 Å². The monoisotopic (exact) mass is 299 g/mol. The number of nitrogens with zero attached hydrogens (tertiary/aromatic N) is 3. The quantitative estimate of drug-likeness (QED) is 0.734. The second-order valence-electron chi connectivity index (χ2n) is 4.59. The van der Waals surface area contributed by atoms with Crippen molar-refractivity contribution in [3.05, 3.63) is 59.9 Å². The number of ether oxygens (including phenoxy) is 1. The molecule has 0 spiro atoms. The van der Waals surface area contributed by atoms with Crippen LogP contribution in [0.4, 0.5) is 8.78 Å². The van der Waals surface area contributed by atoms with Crippen LogP contribution in [-0.2, 0) is 6.61 Å². The van der Waals surface area contributed by atoms with Crippen molar-refractivity contribution in [2.75, 3.05) is 0 Å². The topological polar surface area (TPSA) is 50.8 Å². The van der Waals surface area contributed by atoms with Crippen molar-refractivity contribution < 1.29 is 13.5 Å². The van der Waals surface area contributed by atoms with Crippen LogP contribution in [0.2, 0.25) is 0 Å². The van der Waals surface area contributed by atoms with Crippen LogP contribution in [0.25, 0.3) is 11.0 Å². The highest BCUT2D eigenvalue weighted by Crippen LogP contribution is 2.24. The van der Waals surface area contributed by atoms with E-state index in [2.05, 4.69) is 4.98 Å². The molecule has 3 aromatic rings. The molecule has 0 amide bonds. The number of hydrogen-bond acceptors (Lipinski definition) is 3. The van der Waals surface area contributed by atoms with Crippen molar-refractivity contribution in [1.29, 1.82) is 5.26 Å². The molecule has 0 atom stereocenters. The van der Waals surface area contributed by atoms with E-state index in [0.717, 1.165) is 4.57 Å². The zero-order chi connectivity index (χ0) is 15.5. The van der Waals surface area contributed by atoms with Crippen LogP contribution in [0.1, 0.15) is 17.9 Å². The molecule has 0 saturated heterocycles. The highest BCUT2D eigenvalue weighted by molar-refractivity contribution is 5.75. The fourth-order valence-electron chi connectivity index (χ4n) is 2.22. The minimum absolute atomic E-state index is 0.103. The molecule has 1 aromatic heterocycles. The van der Waals surface area contributed by atoms with Gasteiger partial charge in [0.05, 0.1) is 22.7 Å². The molecule has 22 heavy (non-hydrogen) atoms. The molecule has 0 aliphatic carbocycles. The van der Waals surface area contributed by atoms with Crippen molar-refractivity contribution in [3.8, 4) is 11.8 Å². The first kappa shape index (κ1) is 14.0. The number of para-hydroxylation sites is 2. The van der Waals surface area contributed by atoms with Gasteiger partial charge >= 0.3 is 6.55 Å². The summed E-state index contributed by atoms with van der Waals surface area (Å²) in [7, 11) is 0. The average Bonchev–Trinajstić information content (AvgIpc) is 2.91. The van der Waals surface area contributed by atoms with Crippen molar-refractivity contribution in [3.63, 3.8) is 0 Å². The summed E-state index contributed by atoms with van der Waals surface area (Å²) in [5, 5.41) is 8.84. The number of nitriles is 1. The number of benzene rings is 2. The van der Waals surface area contributed by atoms with Gasteiger partial charge in [0, 0.05) is 0 Å². The van der Waals surface area contributed by atoms with Gasteiger partial charge in [0.15, 0.2) is 5.82 Å². The fraction of sp³-hybridized carbons (Fsp3) is 0.125. The number of alkyl halides is 2. The van der Waals surface area contributed by atoms with E-state index in [0.29, 0.717) is 22.3 Å². The highest BCUT2D eigenvalue weighted by atomic mass is 19.3. The molecule has 4 nitrogen and oxygen atoms in total. The number of aromatic nitrogens is 2. The van der Waals surface area contributed by atoms with Crippen LogP contribution < -0.4 is 4.74 Å². The summed E-state index contributed by atoms with van der Waals surface area (Å²) in [6.07, 6.45) is 0. The number of fused-ring (bicyclic) bond motifs is 1. The molecular formula is C16H11F2N3O. The lowest BCUT2D eigenvalue weighted by molar-refractivity contribution is 0.0677. The van der Waals surface area contributed by atoms with Gasteiger partial charge in [0.25, 0.3) is 0 Å². The lowest BCUT2D eigenvalue weighted by Gasteiger charge is -2.09. The Morgan fingerprint density at radius 1 is 1.18 bits per heavy atom. The van der Waals surface area contributed by atoms with Crippen LogP contribution in [0.5, 0.6) is 5.75 Å². The Morgan fingerprint density at radius 2 is 2.00 bits per heavy atom. The van der Waals surface area contributed by atoms with Crippen LogP contribution in [0, 0.1) is 11.3 Å². The number of imidazole rings is 1.